The van der Waals surface area contributed by atoms with Crippen LogP contribution in [0.3, 0.4) is 0 Å². The van der Waals surface area contributed by atoms with E-state index < -0.39 is 0 Å². The third-order valence-corrected chi connectivity index (χ3v) is 6.32. The van der Waals surface area contributed by atoms with Gasteiger partial charge in [-0.15, -0.1) is 23.5 Å². The van der Waals surface area contributed by atoms with Crippen molar-refractivity contribution < 1.29 is 9.53 Å². The van der Waals surface area contributed by atoms with Crippen LogP contribution in [-0.4, -0.2) is 85.4 Å². The van der Waals surface area contributed by atoms with Crippen molar-refractivity contribution in [2.45, 2.75) is 20.3 Å². The molecule has 0 atom stereocenters. The number of thioether (sulfide) groups is 3. The number of piperazine rings is 1. The molecule has 7 nitrogen and oxygen atoms in total. The van der Waals surface area contributed by atoms with Crippen molar-refractivity contribution in [3.63, 3.8) is 0 Å². The fourth-order valence-electron chi connectivity index (χ4n) is 2.90. The number of anilines is 1. The minimum absolute atomic E-state index is 0.0250. The number of nitrogens with one attached hydrogen (secondary N) is 1. The van der Waals surface area contributed by atoms with E-state index in [0.717, 1.165) is 50.6 Å². The molecule has 0 radical (unpaired) electrons. The largest absolute Gasteiger partial charge is 0.481 e. The maximum atomic E-state index is 11.6. The third-order valence-electron chi connectivity index (χ3n) is 4.75. The van der Waals surface area contributed by atoms with Crippen LogP contribution in [0.2, 0.25) is 0 Å². The van der Waals surface area contributed by atoms with Crippen molar-refractivity contribution in [1.82, 2.24) is 15.1 Å². The molecule has 10 heteroatoms. The zero-order chi connectivity index (χ0) is 26.3. The molecule has 2 rings (SSSR count). The molecular weight excluding hydrogens is 499 g/mol. The van der Waals surface area contributed by atoms with E-state index in [1.165, 1.54) is 17.3 Å². The maximum Gasteiger partial charge on any atom is 0.238 e. The molecule has 200 valence electrons. The molecule has 1 aliphatic rings. The smallest absolute Gasteiger partial charge is 0.238 e. The number of ether oxygens (including phenoxy) is 1. The predicted octanol–water partition coefficient (Wildman–Crippen LogP) is 4.14. The highest BCUT2D eigenvalue weighted by atomic mass is 32.2. The summed E-state index contributed by atoms with van der Waals surface area (Å²) in [5.41, 5.74) is 11.7. The van der Waals surface area contributed by atoms with Crippen LogP contribution in [0.4, 0.5) is 5.69 Å². The number of allylic oxidation sites excluding steroid dienone is 2. The number of para-hydroxylation sites is 2. The summed E-state index contributed by atoms with van der Waals surface area (Å²) in [4.78, 5) is 17.6. The van der Waals surface area contributed by atoms with Gasteiger partial charge in [0, 0.05) is 50.9 Å². The van der Waals surface area contributed by atoms with E-state index in [-0.39, 0.29) is 5.91 Å². The summed E-state index contributed by atoms with van der Waals surface area (Å²) in [6.45, 7) is 9.49. The average molecular weight is 544 g/mol. The molecule has 1 aromatic carbocycles. The lowest BCUT2D eigenvalue weighted by molar-refractivity contribution is -0.121. The Hall–Kier alpha value is -1.46. The number of hydrogen-bond acceptors (Lipinski definition) is 9. The van der Waals surface area contributed by atoms with Gasteiger partial charge < -0.3 is 21.5 Å². The number of rotatable bonds is 11. The summed E-state index contributed by atoms with van der Waals surface area (Å²) in [5, 5.41) is 2.63. The topological polar surface area (TPSA) is 96.8 Å². The molecule has 1 heterocycles. The van der Waals surface area contributed by atoms with Crippen molar-refractivity contribution in [2.24, 2.45) is 5.73 Å². The van der Waals surface area contributed by atoms with Crippen LogP contribution < -0.4 is 21.5 Å². The lowest BCUT2D eigenvalue weighted by Gasteiger charge is -2.34. The van der Waals surface area contributed by atoms with E-state index in [4.69, 9.17) is 16.2 Å². The first-order chi connectivity index (χ1) is 16.9. The molecule has 1 amide bonds. The summed E-state index contributed by atoms with van der Waals surface area (Å²) in [5.74, 6) is 2.33. The zero-order valence-corrected chi connectivity index (χ0v) is 24.4. The Morgan fingerprint density at radius 1 is 1.14 bits per heavy atom. The van der Waals surface area contributed by atoms with Gasteiger partial charge in [-0.2, -0.15) is 11.8 Å². The Morgan fingerprint density at radius 3 is 2.31 bits per heavy atom. The lowest BCUT2D eigenvalue weighted by atomic mass is 10.3. The number of nitrogens with zero attached hydrogens (tertiary/aromatic N) is 2. The lowest BCUT2D eigenvalue weighted by Crippen LogP contribution is -2.49. The fourth-order valence-corrected chi connectivity index (χ4v) is 3.95. The molecule has 1 aliphatic heterocycles. The first-order valence-electron chi connectivity index (χ1n) is 11.7. The van der Waals surface area contributed by atoms with E-state index >= 15 is 0 Å². The molecule has 1 aromatic rings. The Labute approximate surface area is 225 Å². The highest BCUT2D eigenvalue weighted by Crippen LogP contribution is 2.21. The molecular formula is C25H45N5O2S3. The van der Waals surface area contributed by atoms with Gasteiger partial charge >= 0.3 is 0 Å². The maximum absolute atomic E-state index is 11.6. The van der Waals surface area contributed by atoms with Crippen LogP contribution >= 0.6 is 35.3 Å². The second-order valence-electron chi connectivity index (χ2n) is 7.59. The number of hydrogen-bond donors (Lipinski definition) is 3. The van der Waals surface area contributed by atoms with Gasteiger partial charge in [0.1, 0.15) is 11.7 Å². The first-order valence-corrected chi connectivity index (χ1v) is 15.7. The second kappa shape index (κ2) is 23.0. The molecule has 35 heavy (non-hydrogen) atoms. The first kappa shape index (κ1) is 33.5. The van der Waals surface area contributed by atoms with Crippen LogP contribution in [0.5, 0.6) is 5.75 Å². The monoisotopic (exact) mass is 543 g/mol. The number of nitrogens with two attached hydrogens (primary N) is 2. The summed E-state index contributed by atoms with van der Waals surface area (Å²) in [7, 11) is 0. The zero-order valence-electron chi connectivity index (χ0n) is 22.0. The van der Waals surface area contributed by atoms with E-state index in [1.807, 2.05) is 48.5 Å². The van der Waals surface area contributed by atoms with Gasteiger partial charge in [-0.25, -0.2) is 0 Å². The van der Waals surface area contributed by atoms with Crippen molar-refractivity contribution in [2.75, 3.05) is 75.5 Å². The molecule has 0 unspecified atom stereocenters. The average Bonchev–Trinajstić information content (AvgIpc) is 2.85. The summed E-state index contributed by atoms with van der Waals surface area (Å²) >= 11 is 5.31. The SMILES string of the molecule is CC/C=C(\C)SC.CSC.N/C=C/NC(=O)CN1CCN(CCSCOc2ccccc2N)CC1. The Morgan fingerprint density at radius 2 is 1.77 bits per heavy atom. The van der Waals surface area contributed by atoms with Crippen LogP contribution in [0, 0.1) is 0 Å². The number of carbonyl (C=O) groups excluding carboxylic acids is 1. The molecule has 0 aromatic heterocycles. The summed E-state index contributed by atoms with van der Waals surface area (Å²) in [6, 6.07) is 7.54. The van der Waals surface area contributed by atoms with E-state index in [1.54, 1.807) is 23.5 Å². The van der Waals surface area contributed by atoms with Gasteiger partial charge in [-0.1, -0.05) is 25.1 Å². The van der Waals surface area contributed by atoms with Crippen LogP contribution in [0.25, 0.3) is 0 Å². The quantitative estimate of drug-likeness (QED) is 0.216. The highest BCUT2D eigenvalue weighted by Gasteiger charge is 2.18. The molecule has 0 aliphatic carbocycles. The summed E-state index contributed by atoms with van der Waals surface area (Å²) in [6.07, 6.45) is 12.4. The number of carbonyl (C=O) groups is 1. The third kappa shape index (κ3) is 18.5. The minimum atomic E-state index is -0.0250. The van der Waals surface area contributed by atoms with Crippen LogP contribution in [0.1, 0.15) is 20.3 Å². The second-order valence-corrected chi connectivity index (χ2v) is 10.5. The van der Waals surface area contributed by atoms with Gasteiger partial charge in [0.25, 0.3) is 0 Å². The van der Waals surface area contributed by atoms with Gasteiger partial charge in [-0.3, -0.25) is 14.6 Å². The predicted molar refractivity (Wildman–Crippen MR) is 160 cm³/mol. The van der Waals surface area contributed by atoms with Crippen molar-refractivity contribution in [3.05, 3.63) is 47.6 Å². The molecule has 1 fully saturated rings. The van der Waals surface area contributed by atoms with Crippen molar-refractivity contribution >= 4 is 46.9 Å². The number of nitrogen functional groups attached to an aromatic ring is 1. The molecule has 0 spiro atoms. The number of amides is 1. The fraction of sp³-hybridized carbons (Fsp3) is 0.560. The van der Waals surface area contributed by atoms with Gasteiger partial charge in [0.05, 0.1) is 12.2 Å². The van der Waals surface area contributed by atoms with Crippen molar-refractivity contribution in [1.29, 1.82) is 0 Å². The molecule has 1 saturated heterocycles. The van der Waals surface area contributed by atoms with E-state index in [2.05, 4.69) is 41.3 Å². The normalized spacial score (nSPS) is 14.5. The molecule has 0 saturated carbocycles. The van der Waals surface area contributed by atoms with Gasteiger partial charge in [0.15, 0.2) is 0 Å². The number of benzene rings is 1. The summed E-state index contributed by atoms with van der Waals surface area (Å²) < 4.78 is 5.67. The van der Waals surface area contributed by atoms with E-state index in [9.17, 15) is 4.79 Å². The highest BCUT2D eigenvalue weighted by molar-refractivity contribution is 8.02. The Balaban J connectivity index is 0.000000978. The minimum Gasteiger partial charge on any atom is -0.481 e. The van der Waals surface area contributed by atoms with Gasteiger partial charge in [0.2, 0.25) is 5.91 Å². The van der Waals surface area contributed by atoms with Crippen LogP contribution in [-0.2, 0) is 4.79 Å². The standard InChI is InChI=1S/C17H27N5O2S.C6H12S.C2H6S/c18-5-6-20-17(23)13-22-9-7-21(8-10-22)11-12-25-14-24-16-4-2-1-3-15(16)19;1-4-5-6(2)7-3;1-3-2/h1-6H,7-14,18-19H2,(H,20,23);5H,4H2,1-3H3;1-2H3/b2*6-5+;. The molecule has 5 N–H and O–H groups in total. The van der Waals surface area contributed by atoms with E-state index in [0.29, 0.717) is 18.2 Å². The molecule has 0 bridgehead atoms. The Bertz CT molecular complexity index is 727. The van der Waals surface area contributed by atoms with Crippen LogP contribution in [0.15, 0.2) is 47.6 Å². The Kier molecular flexibility index (Phi) is 22.0. The van der Waals surface area contributed by atoms with Crippen molar-refractivity contribution in [3.8, 4) is 5.75 Å². The van der Waals surface area contributed by atoms with Gasteiger partial charge in [-0.05, 0) is 49.1 Å².